The van der Waals surface area contributed by atoms with Gasteiger partial charge < -0.3 is 20.5 Å². The number of ether oxygens (including phenoxy) is 1. The Balaban J connectivity index is 1.71. The number of aliphatic hydroxyl groups excluding tert-OH is 1. The van der Waals surface area contributed by atoms with Crippen LogP contribution in [0.1, 0.15) is 27.2 Å². The summed E-state index contributed by atoms with van der Waals surface area (Å²) in [5.41, 5.74) is -0.413. The lowest BCUT2D eigenvalue weighted by Gasteiger charge is -2.49. The number of hydrogen-bond donors (Lipinski definition) is 3. The molecule has 1 aliphatic carbocycles. The number of nitrogens with one attached hydrogen (secondary N) is 2. The molecule has 17 heavy (non-hydrogen) atoms. The van der Waals surface area contributed by atoms with E-state index in [1.165, 1.54) is 0 Å². The fraction of sp³-hybridized carbons (Fsp3) is 0.917. The van der Waals surface area contributed by atoms with Crippen molar-refractivity contribution in [2.24, 2.45) is 5.41 Å². The number of carbonyl (C=O) groups is 1. The smallest absolute Gasteiger partial charge is 0.246 e. The molecule has 1 aliphatic heterocycles. The van der Waals surface area contributed by atoms with Gasteiger partial charge in [0.25, 0.3) is 0 Å². The van der Waals surface area contributed by atoms with E-state index in [2.05, 4.69) is 10.6 Å². The van der Waals surface area contributed by atoms with E-state index < -0.39 is 0 Å². The van der Waals surface area contributed by atoms with E-state index in [-0.39, 0.29) is 35.7 Å². The highest BCUT2D eigenvalue weighted by Gasteiger charge is 2.48. The molecule has 0 bridgehead atoms. The first-order valence-corrected chi connectivity index (χ1v) is 6.16. The van der Waals surface area contributed by atoms with Crippen LogP contribution in [0.2, 0.25) is 0 Å². The van der Waals surface area contributed by atoms with Gasteiger partial charge in [-0.25, -0.2) is 0 Å². The first-order valence-electron chi connectivity index (χ1n) is 6.16. The Morgan fingerprint density at radius 3 is 2.53 bits per heavy atom. The summed E-state index contributed by atoms with van der Waals surface area (Å²) in [6.45, 7) is 7.62. The summed E-state index contributed by atoms with van der Waals surface area (Å²) < 4.78 is 5.55. The van der Waals surface area contributed by atoms with Crippen LogP contribution in [0.25, 0.3) is 0 Å². The zero-order valence-electron chi connectivity index (χ0n) is 10.7. The lowest BCUT2D eigenvalue weighted by atomic mass is 9.64. The van der Waals surface area contributed by atoms with Gasteiger partial charge in [-0.1, -0.05) is 13.8 Å². The zero-order chi connectivity index (χ0) is 12.7. The first-order chi connectivity index (χ1) is 7.83. The van der Waals surface area contributed by atoms with Crippen LogP contribution in [0, 0.1) is 5.41 Å². The quantitative estimate of drug-likeness (QED) is 0.629. The van der Waals surface area contributed by atoms with Gasteiger partial charge in [0.05, 0.1) is 11.7 Å². The lowest BCUT2D eigenvalue weighted by Crippen LogP contribution is -2.63. The van der Waals surface area contributed by atoms with Crippen LogP contribution >= 0.6 is 0 Å². The molecule has 0 radical (unpaired) electrons. The summed E-state index contributed by atoms with van der Waals surface area (Å²) >= 11 is 0. The maximum Gasteiger partial charge on any atom is 0.246 e. The molecule has 2 aliphatic rings. The predicted octanol–water partition coefficient (Wildman–Crippen LogP) is -0.359. The molecule has 98 valence electrons. The van der Waals surface area contributed by atoms with Crippen molar-refractivity contribution in [2.75, 3.05) is 19.7 Å². The fourth-order valence-electron chi connectivity index (χ4n) is 2.20. The van der Waals surface area contributed by atoms with Gasteiger partial charge in [0.15, 0.2) is 0 Å². The van der Waals surface area contributed by atoms with E-state index in [0.717, 1.165) is 13.1 Å². The van der Waals surface area contributed by atoms with Crippen LogP contribution in [0.3, 0.4) is 0 Å². The van der Waals surface area contributed by atoms with Crippen molar-refractivity contribution in [3.63, 3.8) is 0 Å². The molecule has 1 saturated heterocycles. The summed E-state index contributed by atoms with van der Waals surface area (Å²) in [4.78, 5) is 11.7. The van der Waals surface area contributed by atoms with E-state index in [9.17, 15) is 9.90 Å². The van der Waals surface area contributed by atoms with Gasteiger partial charge in [0.2, 0.25) is 5.91 Å². The Morgan fingerprint density at radius 2 is 2.12 bits per heavy atom. The summed E-state index contributed by atoms with van der Waals surface area (Å²) in [6, 6.07) is 0.0564. The summed E-state index contributed by atoms with van der Waals surface area (Å²) in [7, 11) is 0. The van der Waals surface area contributed by atoms with Gasteiger partial charge >= 0.3 is 0 Å². The van der Waals surface area contributed by atoms with Gasteiger partial charge in [0, 0.05) is 24.5 Å². The van der Waals surface area contributed by atoms with E-state index in [0.29, 0.717) is 6.42 Å². The van der Waals surface area contributed by atoms with E-state index in [1.807, 2.05) is 20.8 Å². The summed E-state index contributed by atoms with van der Waals surface area (Å²) in [5.74, 6) is -0.0944. The normalized spacial score (nSPS) is 33.4. The predicted molar refractivity (Wildman–Crippen MR) is 63.6 cm³/mol. The maximum absolute atomic E-state index is 11.7. The third kappa shape index (κ3) is 2.46. The molecule has 5 nitrogen and oxygen atoms in total. The lowest BCUT2D eigenvalue weighted by molar-refractivity contribution is -0.142. The molecule has 1 amide bonds. The maximum atomic E-state index is 11.7. The van der Waals surface area contributed by atoms with Gasteiger partial charge in [0.1, 0.15) is 6.61 Å². The molecule has 2 unspecified atom stereocenters. The van der Waals surface area contributed by atoms with Crippen molar-refractivity contribution in [1.82, 2.24) is 10.6 Å². The van der Waals surface area contributed by atoms with Crippen LogP contribution in [-0.2, 0) is 9.53 Å². The van der Waals surface area contributed by atoms with Crippen molar-refractivity contribution in [2.45, 2.75) is 44.9 Å². The van der Waals surface area contributed by atoms with E-state index in [4.69, 9.17) is 4.74 Å². The average Bonchev–Trinajstić information content (AvgIpc) is 2.23. The first kappa shape index (κ1) is 12.8. The number of rotatable bonds is 4. The second-order valence-corrected chi connectivity index (χ2v) is 6.04. The minimum absolute atomic E-state index is 0.0564. The molecule has 5 heteroatoms. The Morgan fingerprint density at radius 1 is 1.47 bits per heavy atom. The molecule has 0 spiro atoms. The monoisotopic (exact) mass is 242 g/mol. The molecular formula is C12H22N2O3. The molecule has 2 atom stereocenters. The number of aliphatic hydroxyl groups is 1. The highest BCUT2D eigenvalue weighted by Crippen LogP contribution is 2.40. The van der Waals surface area contributed by atoms with Crippen LogP contribution in [0.5, 0.6) is 0 Å². The third-order valence-electron chi connectivity index (χ3n) is 4.10. The standard InChI is InChI=1S/C12H22N2O3/c1-11(2)8(4-9(11)15)14-10(16)5-17-12(3)6-13-7-12/h8-9,13,15H,4-7H2,1-3H3,(H,14,16). The largest absolute Gasteiger partial charge is 0.392 e. The van der Waals surface area contributed by atoms with E-state index in [1.54, 1.807) is 0 Å². The van der Waals surface area contributed by atoms with Crippen molar-refractivity contribution >= 4 is 5.91 Å². The molecule has 1 saturated carbocycles. The van der Waals surface area contributed by atoms with Crippen molar-refractivity contribution in [3.8, 4) is 0 Å². The molecule has 3 N–H and O–H groups in total. The molecule has 2 fully saturated rings. The van der Waals surface area contributed by atoms with Gasteiger partial charge in [-0.3, -0.25) is 4.79 Å². The highest BCUT2D eigenvalue weighted by molar-refractivity contribution is 5.77. The Hall–Kier alpha value is -0.650. The highest BCUT2D eigenvalue weighted by atomic mass is 16.5. The van der Waals surface area contributed by atoms with Crippen molar-refractivity contribution < 1.29 is 14.6 Å². The minimum Gasteiger partial charge on any atom is -0.392 e. The Bertz CT molecular complexity index is 313. The summed E-state index contributed by atoms with van der Waals surface area (Å²) in [5, 5.41) is 15.6. The zero-order valence-corrected chi connectivity index (χ0v) is 10.7. The fourth-order valence-corrected chi connectivity index (χ4v) is 2.20. The van der Waals surface area contributed by atoms with Crippen LogP contribution < -0.4 is 10.6 Å². The summed E-state index contributed by atoms with van der Waals surface area (Å²) in [6.07, 6.45) is 0.319. The molecule has 0 aromatic rings. The van der Waals surface area contributed by atoms with Crippen LogP contribution in [0.15, 0.2) is 0 Å². The topological polar surface area (TPSA) is 70.6 Å². The van der Waals surface area contributed by atoms with Gasteiger partial charge in [-0.2, -0.15) is 0 Å². The molecule has 1 heterocycles. The number of amides is 1. The Kier molecular flexibility index (Phi) is 3.18. The van der Waals surface area contributed by atoms with Crippen LogP contribution in [0.4, 0.5) is 0 Å². The Labute approximate surface area is 102 Å². The average molecular weight is 242 g/mol. The van der Waals surface area contributed by atoms with Gasteiger partial charge in [-0.05, 0) is 13.3 Å². The molecule has 2 rings (SSSR count). The SMILES string of the molecule is CC1(OCC(=O)NC2CC(O)C2(C)C)CNC1. The molecular weight excluding hydrogens is 220 g/mol. The second-order valence-electron chi connectivity index (χ2n) is 6.04. The molecule has 0 aromatic heterocycles. The second kappa shape index (κ2) is 4.23. The van der Waals surface area contributed by atoms with Gasteiger partial charge in [-0.15, -0.1) is 0 Å². The third-order valence-corrected chi connectivity index (χ3v) is 4.10. The van der Waals surface area contributed by atoms with Crippen molar-refractivity contribution in [1.29, 1.82) is 0 Å². The van der Waals surface area contributed by atoms with Crippen molar-refractivity contribution in [3.05, 3.63) is 0 Å². The van der Waals surface area contributed by atoms with E-state index >= 15 is 0 Å². The minimum atomic E-state index is -0.318. The molecule has 0 aromatic carbocycles. The van der Waals surface area contributed by atoms with Crippen LogP contribution in [-0.4, -0.2) is 48.5 Å². The number of carbonyl (C=O) groups excluding carboxylic acids is 1. The number of hydrogen-bond acceptors (Lipinski definition) is 4.